The first-order valence-electron chi connectivity index (χ1n) is 21.8. The second-order valence-corrected chi connectivity index (χ2v) is 17.9. The number of para-hydroxylation sites is 1. The molecule has 288 valence electrons. The Kier molecular flexibility index (Phi) is 7.73. The van der Waals surface area contributed by atoms with Crippen LogP contribution in [0, 0.1) is 6.92 Å². The second-order valence-electron chi connectivity index (χ2n) is 17.9. The van der Waals surface area contributed by atoms with E-state index < -0.39 is 0 Å². The van der Waals surface area contributed by atoms with E-state index >= 15 is 0 Å². The molecule has 0 N–H and O–H groups in total. The standard InChI is InChI=1S/C59H47N/c1-38-34-42(35-54-57(38)60(43-24-11-6-12-25-43)59(3)33-16-15-32-58(54,59)2)52-36-50(40-18-7-4-8-19-40)46-30-31-49-53(45-27-17-23-39-22-13-14-26-44(39)45)37-51(41-20-9-5-10-21-41)47-28-29-48(52)55(46)56(47)49/h4-14,17-31,34-37H,15-16,32-33H2,1-3H3. The summed E-state index contributed by atoms with van der Waals surface area (Å²) in [6.07, 6.45) is 4.89. The molecule has 1 fully saturated rings. The lowest BCUT2D eigenvalue weighted by Crippen LogP contribution is -2.54. The first kappa shape index (κ1) is 35.3. The van der Waals surface area contributed by atoms with Gasteiger partial charge in [-0.1, -0.05) is 165 Å². The first-order chi connectivity index (χ1) is 29.4. The molecule has 1 saturated carbocycles. The van der Waals surface area contributed by atoms with E-state index in [4.69, 9.17) is 0 Å². The maximum Gasteiger partial charge on any atom is 0.0518 e. The summed E-state index contributed by atoms with van der Waals surface area (Å²) in [7, 11) is 0. The molecule has 12 rings (SSSR count). The van der Waals surface area contributed by atoms with Gasteiger partial charge in [0.15, 0.2) is 0 Å². The van der Waals surface area contributed by atoms with E-state index in [1.807, 2.05) is 0 Å². The molecule has 0 spiro atoms. The van der Waals surface area contributed by atoms with Gasteiger partial charge in [-0.05, 0) is 162 Å². The highest BCUT2D eigenvalue weighted by molar-refractivity contribution is 6.32. The lowest BCUT2D eigenvalue weighted by atomic mass is 9.61. The van der Waals surface area contributed by atoms with Gasteiger partial charge in [-0.3, -0.25) is 0 Å². The van der Waals surface area contributed by atoms with Crippen LogP contribution in [0.4, 0.5) is 11.4 Å². The minimum atomic E-state index is -0.0119. The molecule has 1 aliphatic carbocycles. The summed E-state index contributed by atoms with van der Waals surface area (Å²) in [6.45, 7) is 7.47. The molecule has 0 bridgehead atoms. The molecule has 10 aromatic rings. The smallest absolute Gasteiger partial charge is 0.0518 e. The van der Waals surface area contributed by atoms with Gasteiger partial charge in [0, 0.05) is 16.8 Å². The fourth-order valence-corrected chi connectivity index (χ4v) is 11.8. The van der Waals surface area contributed by atoms with E-state index in [9.17, 15) is 0 Å². The quantitative estimate of drug-likeness (QED) is 0.158. The maximum atomic E-state index is 2.72. The fraction of sp³-hybridized carbons (Fsp3) is 0.153. The van der Waals surface area contributed by atoms with Crippen molar-refractivity contribution in [1.29, 1.82) is 0 Å². The van der Waals surface area contributed by atoms with Gasteiger partial charge in [0.2, 0.25) is 0 Å². The minimum absolute atomic E-state index is 0.0119. The van der Waals surface area contributed by atoms with Crippen LogP contribution in [-0.2, 0) is 5.41 Å². The molecular formula is C59H47N. The number of fused-ring (bicyclic) bond motifs is 4. The fourth-order valence-electron chi connectivity index (χ4n) is 11.8. The van der Waals surface area contributed by atoms with Crippen LogP contribution in [0.5, 0.6) is 0 Å². The summed E-state index contributed by atoms with van der Waals surface area (Å²) in [5.74, 6) is 0. The largest absolute Gasteiger partial charge is 0.334 e. The number of rotatable bonds is 5. The van der Waals surface area contributed by atoms with E-state index in [0.29, 0.717) is 0 Å². The Hall–Kier alpha value is -6.70. The van der Waals surface area contributed by atoms with E-state index in [1.54, 1.807) is 0 Å². The Morgan fingerprint density at radius 1 is 0.417 bits per heavy atom. The lowest BCUT2D eigenvalue weighted by molar-refractivity contribution is 0.195. The van der Waals surface area contributed by atoms with Crippen molar-refractivity contribution in [3.8, 4) is 44.5 Å². The van der Waals surface area contributed by atoms with Crippen LogP contribution in [0.3, 0.4) is 0 Å². The van der Waals surface area contributed by atoms with Crippen molar-refractivity contribution in [3.05, 3.63) is 193 Å². The van der Waals surface area contributed by atoms with E-state index in [1.165, 1.54) is 136 Å². The van der Waals surface area contributed by atoms with Crippen LogP contribution < -0.4 is 4.90 Å². The van der Waals surface area contributed by atoms with Crippen LogP contribution in [0.1, 0.15) is 50.7 Å². The Bertz CT molecular complexity index is 3290. The third-order valence-corrected chi connectivity index (χ3v) is 14.9. The van der Waals surface area contributed by atoms with Crippen LogP contribution >= 0.6 is 0 Å². The van der Waals surface area contributed by atoms with Crippen LogP contribution in [0.25, 0.3) is 87.6 Å². The number of anilines is 2. The van der Waals surface area contributed by atoms with Gasteiger partial charge >= 0.3 is 0 Å². The third-order valence-electron chi connectivity index (χ3n) is 14.9. The van der Waals surface area contributed by atoms with Crippen molar-refractivity contribution >= 4 is 54.5 Å². The Balaban J connectivity index is 1.20. The molecule has 0 radical (unpaired) electrons. The summed E-state index contributed by atoms with van der Waals surface area (Å²) < 4.78 is 0. The lowest BCUT2D eigenvalue weighted by Gasteiger charge is -2.50. The molecule has 1 nitrogen and oxygen atoms in total. The number of hydrogen-bond acceptors (Lipinski definition) is 1. The monoisotopic (exact) mass is 769 g/mol. The van der Waals surface area contributed by atoms with Gasteiger partial charge in [0.25, 0.3) is 0 Å². The van der Waals surface area contributed by atoms with Gasteiger partial charge in [0.05, 0.1) is 5.54 Å². The van der Waals surface area contributed by atoms with E-state index in [2.05, 4.69) is 208 Å². The van der Waals surface area contributed by atoms with Crippen molar-refractivity contribution in [2.45, 2.75) is 57.4 Å². The number of aryl methyl sites for hydroxylation is 1. The highest BCUT2D eigenvalue weighted by Crippen LogP contribution is 2.62. The molecule has 2 unspecified atom stereocenters. The molecule has 10 aromatic carbocycles. The summed E-state index contributed by atoms with van der Waals surface area (Å²) in [5.41, 5.74) is 15.7. The summed E-state index contributed by atoms with van der Waals surface area (Å²) in [6, 6.07) is 68.6. The van der Waals surface area contributed by atoms with Crippen LogP contribution in [0.15, 0.2) is 182 Å². The molecule has 1 heteroatoms. The van der Waals surface area contributed by atoms with Gasteiger partial charge in [0.1, 0.15) is 0 Å². The Morgan fingerprint density at radius 2 is 0.933 bits per heavy atom. The average molecular weight is 770 g/mol. The van der Waals surface area contributed by atoms with Gasteiger partial charge in [-0.2, -0.15) is 0 Å². The zero-order valence-corrected chi connectivity index (χ0v) is 34.6. The summed E-state index contributed by atoms with van der Waals surface area (Å²) in [4.78, 5) is 2.72. The summed E-state index contributed by atoms with van der Waals surface area (Å²) >= 11 is 0. The van der Waals surface area contributed by atoms with Crippen LogP contribution in [-0.4, -0.2) is 5.54 Å². The number of benzene rings is 10. The van der Waals surface area contributed by atoms with Gasteiger partial charge in [-0.15, -0.1) is 0 Å². The maximum absolute atomic E-state index is 2.72. The summed E-state index contributed by atoms with van der Waals surface area (Å²) in [5, 5.41) is 10.4. The Labute approximate surface area is 352 Å². The number of hydrogen-bond donors (Lipinski definition) is 0. The highest BCUT2D eigenvalue weighted by Gasteiger charge is 2.58. The van der Waals surface area contributed by atoms with Gasteiger partial charge in [-0.25, -0.2) is 0 Å². The SMILES string of the molecule is Cc1cc(-c2cc(-c3ccccc3)c3ccc4c(-c5cccc6ccccc56)cc(-c5ccccc5)c5ccc2c3c54)cc2c1N(c1ccccc1)C1(C)CCCCC21C. The molecule has 2 aliphatic rings. The predicted octanol–water partition coefficient (Wildman–Crippen LogP) is 16.5. The van der Waals surface area contributed by atoms with E-state index in [0.717, 1.165) is 0 Å². The van der Waals surface area contributed by atoms with Crippen molar-refractivity contribution in [3.63, 3.8) is 0 Å². The average Bonchev–Trinajstić information content (AvgIpc) is 3.51. The topological polar surface area (TPSA) is 3.24 Å². The van der Waals surface area contributed by atoms with Crippen LogP contribution in [0.2, 0.25) is 0 Å². The molecule has 1 aliphatic heterocycles. The number of nitrogens with zero attached hydrogens (tertiary/aromatic N) is 1. The molecule has 0 amide bonds. The predicted molar refractivity (Wildman–Crippen MR) is 257 cm³/mol. The zero-order valence-electron chi connectivity index (χ0n) is 34.6. The molecule has 0 saturated heterocycles. The normalized spacial score (nSPS) is 18.8. The molecule has 2 atom stereocenters. The Morgan fingerprint density at radius 3 is 1.58 bits per heavy atom. The second kappa shape index (κ2) is 13.2. The van der Waals surface area contributed by atoms with Crippen molar-refractivity contribution < 1.29 is 0 Å². The minimum Gasteiger partial charge on any atom is -0.334 e. The molecular weight excluding hydrogens is 723 g/mol. The zero-order chi connectivity index (χ0) is 40.2. The highest BCUT2D eigenvalue weighted by atomic mass is 15.3. The first-order valence-corrected chi connectivity index (χ1v) is 21.8. The van der Waals surface area contributed by atoms with Crippen molar-refractivity contribution in [2.75, 3.05) is 4.90 Å². The molecule has 60 heavy (non-hydrogen) atoms. The van der Waals surface area contributed by atoms with Crippen molar-refractivity contribution in [1.82, 2.24) is 0 Å². The third kappa shape index (κ3) is 4.93. The van der Waals surface area contributed by atoms with Gasteiger partial charge < -0.3 is 4.90 Å². The molecule has 1 heterocycles. The van der Waals surface area contributed by atoms with E-state index in [-0.39, 0.29) is 11.0 Å². The van der Waals surface area contributed by atoms with Crippen molar-refractivity contribution in [2.24, 2.45) is 0 Å². The molecule has 0 aromatic heterocycles.